The number of hydrogen-bond donors (Lipinski definition) is 3. The van der Waals surface area contributed by atoms with Crippen LogP contribution in [0.15, 0.2) is 18.2 Å². The highest BCUT2D eigenvalue weighted by molar-refractivity contribution is 6.01. The molecule has 0 aromatic heterocycles. The zero-order valence-corrected chi connectivity index (χ0v) is 18.7. The Bertz CT molecular complexity index is 909. The van der Waals surface area contributed by atoms with Crippen LogP contribution in [-0.2, 0) is 19.1 Å². The molecular formula is C22H30FN3O6. The molecule has 0 unspecified atom stereocenters. The number of nitrogens with one attached hydrogen (secondary N) is 2. The number of anilines is 1. The molecule has 0 bridgehead atoms. The van der Waals surface area contributed by atoms with E-state index in [1.165, 1.54) is 18.2 Å². The van der Waals surface area contributed by atoms with E-state index >= 15 is 0 Å². The van der Waals surface area contributed by atoms with Gasteiger partial charge in [0.05, 0.1) is 18.9 Å². The summed E-state index contributed by atoms with van der Waals surface area (Å²) in [7, 11) is 0. The van der Waals surface area contributed by atoms with Gasteiger partial charge in [-0.1, -0.05) is 27.7 Å². The third kappa shape index (κ3) is 4.23. The van der Waals surface area contributed by atoms with Crippen LogP contribution in [0.4, 0.5) is 14.9 Å². The Kier molecular flexibility index (Phi) is 6.37. The van der Waals surface area contributed by atoms with E-state index in [0.29, 0.717) is 18.9 Å². The Morgan fingerprint density at radius 1 is 1.31 bits per heavy atom. The highest BCUT2D eigenvalue weighted by Gasteiger charge is 2.55. The number of carbonyl (C=O) groups excluding carboxylic acids is 3. The predicted octanol–water partition coefficient (Wildman–Crippen LogP) is 2.48. The lowest BCUT2D eigenvalue weighted by Gasteiger charge is -2.45. The van der Waals surface area contributed by atoms with E-state index < -0.39 is 46.4 Å². The van der Waals surface area contributed by atoms with Crippen LogP contribution in [0.2, 0.25) is 0 Å². The van der Waals surface area contributed by atoms with Crippen molar-refractivity contribution in [3.05, 3.63) is 24.0 Å². The van der Waals surface area contributed by atoms with Crippen LogP contribution in [0.25, 0.3) is 0 Å². The summed E-state index contributed by atoms with van der Waals surface area (Å²) in [6.07, 6.45) is -0.399. The van der Waals surface area contributed by atoms with Gasteiger partial charge in [0.25, 0.3) is 11.8 Å². The van der Waals surface area contributed by atoms with Gasteiger partial charge in [0.2, 0.25) is 0 Å². The molecule has 0 aliphatic carbocycles. The number of amides is 3. The summed E-state index contributed by atoms with van der Waals surface area (Å²) in [5, 5.41) is 5.47. The van der Waals surface area contributed by atoms with Crippen molar-refractivity contribution < 1.29 is 33.0 Å². The van der Waals surface area contributed by atoms with Crippen LogP contribution in [0.3, 0.4) is 0 Å². The van der Waals surface area contributed by atoms with Gasteiger partial charge in [-0.25, -0.2) is 9.18 Å². The minimum absolute atomic E-state index is 0.127. The molecule has 2 aliphatic heterocycles. The number of fused-ring (bicyclic) bond motifs is 1. The second kappa shape index (κ2) is 8.57. The Morgan fingerprint density at radius 2 is 1.97 bits per heavy atom. The van der Waals surface area contributed by atoms with Gasteiger partial charge in [-0.2, -0.15) is 0 Å². The highest BCUT2D eigenvalue weighted by atomic mass is 19.1. The number of benzene rings is 1. The van der Waals surface area contributed by atoms with E-state index in [4.69, 9.17) is 19.9 Å². The summed E-state index contributed by atoms with van der Waals surface area (Å²) in [5.74, 6) is -1.54. The molecule has 10 heteroatoms. The first kappa shape index (κ1) is 23.8. The lowest BCUT2D eigenvalue weighted by atomic mass is 9.73. The molecule has 2 heterocycles. The number of hydrogen-bond acceptors (Lipinski definition) is 6. The van der Waals surface area contributed by atoms with Crippen molar-refractivity contribution in [2.45, 2.75) is 64.2 Å². The monoisotopic (exact) mass is 451 g/mol. The fourth-order valence-corrected chi connectivity index (χ4v) is 4.43. The Morgan fingerprint density at radius 3 is 2.53 bits per heavy atom. The summed E-state index contributed by atoms with van der Waals surface area (Å²) >= 11 is 0. The van der Waals surface area contributed by atoms with Crippen molar-refractivity contribution in [3.63, 3.8) is 0 Å². The standard InChI is InChI=1S/C22H30FN3O6/c1-5-22(20(2,3)4,32-19(24)29)18(28)26-16-17(27)25-14-7-6-13(23)12-15(14)31-21(16)8-10-30-11-9-21/h6-7,12,16H,5,8-11H2,1-4H3,(H2,24,29)(H,25,27)(H,26,28)/t16-,22+/m0/s1. The number of carbonyl (C=O) groups is 3. The maximum atomic E-state index is 13.9. The molecular weight excluding hydrogens is 421 g/mol. The van der Waals surface area contributed by atoms with Gasteiger partial charge in [-0.3, -0.25) is 9.59 Å². The minimum atomic E-state index is -1.63. The van der Waals surface area contributed by atoms with Gasteiger partial charge < -0.3 is 30.6 Å². The molecule has 176 valence electrons. The van der Waals surface area contributed by atoms with E-state index in [2.05, 4.69) is 10.6 Å². The molecule has 4 N–H and O–H groups in total. The van der Waals surface area contributed by atoms with Crippen molar-refractivity contribution in [3.8, 4) is 5.75 Å². The number of primary amides is 1. The minimum Gasteiger partial charge on any atom is -0.482 e. The maximum Gasteiger partial charge on any atom is 0.405 e. The first-order valence-corrected chi connectivity index (χ1v) is 10.6. The third-order valence-electron chi connectivity index (χ3n) is 6.27. The van der Waals surface area contributed by atoms with Gasteiger partial charge in [0, 0.05) is 24.3 Å². The number of nitrogens with two attached hydrogens (primary N) is 1. The van der Waals surface area contributed by atoms with Crippen LogP contribution in [-0.4, -0.2) is 48.4 Å². The van der Waals surface area contributed by atoms with Crippen molar-refractivity contribution >= 4 is 23.6 Å². The third-order valence-corrected chi connectivity index (χ3v) is 6.27. The first-order chi connectivity index (χ1) is 14.9. The Hall–Kier alpha value is -2.88. The van der Waals surface area contributed by atoms with Crippen molar-refractivity contribution in [2.24, 2.45) is 11.1 Å². The summed E-state index contributed by atoms with van der Waals surface area (Å²) in [6, 6.07) is 2.65. The van der Waals surface area contributed by atoms with Crippen molar-refractivity contribution in [1.29, 1.82) is 0 Å². The molecule has 3 rings (SSSR count). The molecule has 3 amide bonds. The average molecular weight is 451 g/mol. The van der Waals surface area contributed by atoms with Crippen molar-refractivity contribution in [2.75, 3.05) is 18.5 Å². The lowest BCUT2D eigenvalue weighted by Crippen LogP contribution is -2.67. The van der Waals surface area contributed by atoms with Crippen LogP contribution in [0, 0.1) is 11.2 Å². The summed E-state index contributed by atoms with van der Waals surface area (Å²) < 4.78 is 30.9. The molecule has 32 heavy (non-hydrogen) atoms. The zero-order valence-electron chi connectivity index (χ0n) is 18.7. The van der Waals surface area contributed by atoms with E-state index in [9.17, 15) is 18.8 Å². The van der Waals surface area contributed by atoms with Crippen LogP contribution in [0.1, 0.15) is 47.0 Å². The van der Waals surface area contributed by atoms with Gasteiger partial charge in [0.1, 0.15) is 23.2 Å². The zero-order chi connectivity index (χ0) is 23.7. The lowest BCUT2D eigenvalue weighted by molar-refractivity contribution is -0.158. The fourth-order valence-electron chi connectivity index (χ4n) is 4.43. The molecule has 1 saturated heterocycles. The van der Waals surface area contributed by atoms with Crippen LogP contribution in [0.5, 0.6) is 5.75 Å². The van der Waals surface area contributed by atoms with Crippen LogP contribution >= 0.6 is 0 Å². The molecule has 1 fully saturated rings. The number of halogens is 1. The van der Waals surface area contributed by atoms with Crippen LogP contribution < -0.4 is 21.1 Å². The molecule has 2 aliphatic rings. The summed E-state index contributed by atoms with van der Waals surface area (Å²) in [5.41, 5.74) is 1.94. The Balaban J connectivity index is 2.03. The smallest absolute Gasteiger partial charge is 0.405 e. The number of rotatable bonds is 4. The molecule has 1 aromatic rings. The van der Waals surface area contributed by atoms with E-state index in [-0.39, 0.29) is 25.0 Å². The molecule has 0 saturated carbocycles. The second-order valence-corrected chi connectivity index (χ2v) is 9.17. The summed E-state index contributed by atoms with van der Waals surface area (Å²) in [6.45, 7) is 7.50. The van der Waals surface area contributed by atoms with Gasteiger partial charge in [-0.05, 0) is 18.6 Å². The first-order valence-electron chi connectivity index (χ1n) is 10.6. The quantitative estimate of drug-likeness (QED) is 0.645. The highest BCUT2D eigenvalue weighted by Crippen LogP contribution is 2.41. The Labute approximate surface area is 186 Å². The van der Waals surface area contributed by atoms with E-state index in [0.717, 1.165) is 0 Å². The summed E-state index contributed by atoms with van der Waals surface area (Å²) in [4.78, 5) is 38.5. The average Bonchev–Trinajstić information content (AvgIpc) is 2.80. The fraction of sp³-hybridized carbons (Fsp3) is 0.591. The number of ether oxygens (including phenoxy) is 3. The van der Waals surface area contributed by atoms with Gasteiger partial charge >= 0.3 is 6.09 Å². The topological polar surface area (TPSA) is 129 Å². The largest absolute Gasteiger partial charge is 0.482 e. The molecule has 1 aromatic carbocycles. The molecule has 0 radical (unpaired) electrons. The molecule has 2 atom stereocenters. The van der Waals surface area contributed by atoms with Crippen molar-refractivity contribution in [1.82, 2.24) is 5.32 Å². The van der Waals surface area contributed by atoms with Gasteiger partial charge in [0.15, 0.2) is 5.60 Å². The maximum absolute atomic E-state index is 13.9. The molecule has 9 nitrogen and oxygen atoms in total. The van der Waals surface area contributed by atoms with E-state index in [1.807, 2.05) is 0 Å². The second-order valence-electron chi connectivity index (χ2n) is 9.17. The normalized spacial score (nSPS) is 21.9. The van der Waals surface area contributed by atoms with E-state index in [1.54, 1.807) is 27.7 Å². The molecule has 1 spiro atoms. The van der Waals surface area contributed by atoms with Gasteiger partial charge in [-0.15, -0.1) is 0 Å². The SMILES string of the molecule is CC[C@@](OC(N)=O)(C(=O)N[C@H]1C(=O)Nc2ccc(F)cc2OC12CCOCC2)C(C)(C)C. The predicted molar refractivity (Wildman–Crippen MR) is 114 cm³/mol.